The number of hydrogen-bond acceptors (Lipinski definition) is 2. The van der Waals surface area contributed by atoms with Crippen molar-refractivity contribution in [3.8, 4) is 0 Å². The van der Waals surface area contributed by atoms with Crippen molar-refractivity contribution in [2.24, 2.45) is 5.41 Å². The van der Waals surface area contributed by atoms with Crippen molar-refractivity contribution < 1.29 is 9.90 Å². The van der Waals surface area contributed by atoms with Gasteiger partial charge in [-0.1, -0.05) is 20.3 Å². The molecule has 0 radical (unpaired) electrons. The third-order valence-electron chi connectivity index (χ3n) is 2.94. The van der Waals surface area contributed by atoms with Crippen LogP contribution in [0.25, 0.3) is 0 Å². The molecule has 1 aliphatic carbocycles. The normalized spacial score (nSPS) is 34.2. The largest absolute Gasteiger partial charge is 0.515 e. The van der Waals surface area contributed by atoms with Crippen LogP contribution in [0.4, 0.5) is 0 Å². The quantitative estimate of drug-likeness (QED) is 0.482. The van der Waals surface area contributed by atoms with E-state index < -0.39 is 0 Å². The molecule has 0 amide bonds. The summed E-state index contributed by atoms with van der Waals surface area (Å²) in [6.07, 6.45) is 4.34. The van der Waals surface area contributed by atoms with E-state index in [9.17, 15) is 4.79 Å². The molecular formula is C10H16O2. The van der Waals surface area contributed by atoms with E-state index in [4.69, 9.17) is 5.11 Å². The Kier molecular flexibility index (Phi) is 2.55. The Morgan fingerprint density at radius 1 is 1.67 bits per heavy atom. The highest BCUT2D eigenvalue weighted by molar-refractivity contribution is 5.95. The van der Waals surface area contributed by atoms with E-state index in [0.29, 0.717) is 12.0 Å². The highest BCUT2D eigenvalue weighted by atomic mass is 16.2. The maximum absolute atomic E-state index is 11.2. The zero-order valence-corrected chi connectivity index (χ0v) is 7.76. The second kappa shape index (κ2) is 3.30. The van der Waals surface area contributed by atoms with Gasteiger partial charge in [0.2, 0.25) is 0 Å². The fourth-order valence-electron chi connectivity index (χ4n) is 1.64. The van der Waals surface area contributed by atoms with Crippen LogP contribution in [0.15, 0.2) is 11.8 Å². The average Bonchev–Trinajstić information content (AvgIpc) is 2.10. The minimum Gasteiger partial charge on any atom is -0.515 e. The van der Waals surface area contributed by atoms with Crippen molar-refractivity contribution in [1.82, 2.24) is 0 Å². The summed E-state index contributed by atoms with van der Waals surface area (Å²) in [5, 5.41) is 8.81. The van der Waals surface area contributed by atoms with Gasteiger partial charge in [-0.3, -0.25) is 4.79 Å². The number of hydrogen-bond donors (Lipinski definition) is 1. The van der Waals surface area contributed by atoms with Gasteiger partial charge in [-0.2, -0.15) is 0 Å². The predicted octanol–water partition coefficient (Wildman–Crippen LogP) is 2.60. The van der Waals surface area contributed by atoms with Gasteiger partial charge >= 0.3 is 0 Å². The second-order valence-corrected chi connectivity index (χ2v) is 3.92. The van der Waals surface area contributed by atoms with Crippen LogP contribution in [0.2, 0.25) is 0 Å². The Hall–Kier alpha value is -0.790. The fraction of sp³-hybridized carbons (Fsp3) is 0.700. The van der Waals surface area contributed by atoms with Crippen molar-refractivity contribution >= 4 is 5.78 Å². The molecular weight excluding hydrogens is 152 g/mol. The number of aliphatic hydroxyl groups is 1. The Morgan fingerprint density at radius 3 is 2.83 bits per heavy atom. The number of carbonyl (C=O) groups is 1. The summed E-state index contributed by atoms with van der Waals surface area (Å²) in [6.45, 7) is 4.30. The van der Waals surface area contributed by atoms with Crippen molar-refractivity contribution in [2.45, 2.75) is 39.5 Å². The molecule has 12 heavy (non-hydrogen) atoms. The molecule has 2 nitrogen and oxygen atoms in total. The van der Waals surface area contributed by atoms with Gasteiger partial charge in [0.1, 0.15) is 0 Å². The number of rotatable bonds is 1. The zero-order chi connectivity index (χ0) is 9.19. The number of Topliss-reactive ketones (excluding diaryl/α,β-unsaturated/α-hetero) is 1. The predicted molar refractivity (Wildman–Crippen MR) is 48.0 cm³/mol. The molecule has 0 heterocycles. The second-order valence-electron chi connectivity index (χ2n) is 3.92. The number of carbonyl (C=O) groups excluding carboxylic acids is 1. The summed E-state index contributed by atoms with van der Waals surface area (Å²) in [6, 6.07) is 0. The lowest BCUT2D eigenvalue weighted by molar-refractivity contribution is -0.118. The minimum absolute atomic E-state index is 0.114. The molecule has 1 atom stereocenters. The van der Waals surface area contributed by atoms with Gasteiger partial charge in [0.25, 0.3) is 0 Å². The molecule has 1 rings (SSSR count). The fourth-order valence-corrected chi connectivity index (χ4v) is 1.64. The molecule has 0 spiro atoms. The van der Waals surface area contributed by atoms with E-state index in [1.807, 2.05) is 0 Å². The summed E-state index contributed by atoms with van der Waals surface area (Å²) >= 11 is 0. The Labute approximate surface area is 73.3 Å². The molecule has 0 aliphatic heterocycles. The lowest BCUT2D eigenvalue weighted by Crippen LogP contribution is -2.25. The molecule has 0 saturated heterocycles. The van der Waals surface area contributed by atoms with E-state index >= 15 is 0 Å². The number of aliphatic hydroxyl groups excluding tert-OH is 1. The van der Waals surface area contributed by atoms with Crippen LogP contribution in [0, 0.1) is 5.41 Å². The Morgan fingerprint density at radius 2 is 2.33 bits per heavy atom. The summed E-state index contributed by atoms with van der Waals surface area (Å²) in [4.78, 5) is 11.2. The van der Waals surface area contributed by atoms with Crippen LogP contribution in [0.1, 0.15) is 39.5 Å². The molecule has 68 valence electrons. The Balaban J connectivity index is 2.75. The first-order valence-electron chi connectivity index (χ1n) is 4.48. The highest BCUT2D eigenvalue weighted by Crippen LogP contribution is 2.39. The third-order valence-corrected chi connectivity index (χ3v) is 2.94. The summed E-state index contributed by atoms with van der Waals surface area (Å²) in [5.41, 5.74) is 0.827. The molecule has 1 fully saturated rings. The highest BCUT2D eigenvalue weighted by Gasteiger charge is 2.31. The minimum atomic E-state index is 0.114. The zero-order valence-electron chi connectivity index (χ0n) is 7.76. The summed E-state index contributed by atoms with van der Waals surface area (Å²) in [5.74, 6) is 0.114. The third kappa shape index (κ3) is 1.68. The number of ketones is 1. The molecule has 1 N–H and O–H groups in total. The van der Waals surface area contributed by atoms with Crippen LogP contribution in [0.5, 0.6) is 0 Å². The van der Waals surface area contributed by atoms with Crippen LogP contribution >= 0.6 is 0 Å². The van der Waals surface area contributed by atoms with Crippen molar-refractivity contribution in [2.75, 3.05) is 0 Å². The van der Waals surface area contributed by atoms with Gasteiger partial charge in [-0.05, 0) is 18.3 Å². The molecule has 0 aromatic heterocycles. The van der Waals surface area contributed by atoms with E-state index in [0.717, 1.165) is 25.5 Å². The smallest absolute Gasteiger partial charge is 0.161 e. The molecule has 1 unspecified atom stereocenters. The van der Waals surface area contributed by atoms with Crippen molar-refractivity contribution in [1.29, 1.82) is 0 Å². The maximum atomic E-state index is 11.2. The molecule has 0 bridgehead atoms. The van der Waals surface area contributed by atoms with Gasteiger partial charge in [0.05, 0.1) is 6.26 Å². The standard InChI is InChI=1S/C10H16O2/c1-3-10(2)5-4-9(12)8(6-10)7-11/h7,11H,3-6H2,1-2H3/b8-7-. The van der Waals surface area contributed by atoms with E-state index in [1.54, 1.807) is 0 Å². The maximum Gasteiger partial charge on any atom is 0.161 e. The summed E-state index contributed by atoms with van der Waals surface area (Å²) in [7, 11) is 0. The lowest BCUT2D eigenvalue weighted by Gasteiger charge is -2.32. The van der Waals surface area contributed by atoms with E-state index in [1.165, 1.54) is 0 Å². The van der Waals surface area contributed by atoms with E-state index in [-0.39, 0.29) is 11.2 Å². The van der Waals surface area contributed by atoms with Gasteiger partial charge < -0.3 is 5.11 Å². The SMILES string of the molecule is CCC1(C)CCC(=O)/C(=C\O)C1. The van der Waals surface area contributed by atoms with Crippen LogP contribution < -0.4 is 0 Å². The van der Waals surface area contributed by atoms with E-state index in [2.05, 4.69) is 13.8 Å². The monoisotopic (exact) mass is 168 g/mol. The molecule has 1 aliphatic rings. The van der Waals surface area contributed by atoms with Gasteiger partial charge in [0.15, 0.2) is 5.78 Å². The molecule has 0 aromatic rings. The molecule has 2 heteroatoms. The van der Waals surface area contributed by atoms with Gasteiger partial charge in [-0.25, -0.2) is 0 Å². The van der Waals surface area contributed by atoms with Crippen LogP contribution in [-0.2, 0) is 4.79 Å². The lowest BCUT2D eigenvalue weighted by atomic mass is 9.72. The van der Waals surface area contributed by atoms with Gasteiger partial charge in [0, 0.05) is 12.0 Å². The molecule has 0 aromatic carbocycles. The topological polar surface area (TPSA) is 37.3 Å². The summed E-state index contributed by atoms with van der Waals surface area (Å²) < 4.78 is 0. The van der Waals surface area contributed by atoms with Crippen molar-refractivity contribution in [3.05, 3.63) is 11.8 Å². The average molecular weight is 168 g/mol. The first-order chi connectivity index (χ1) is 5.61. The Bertz CT molecular complexity index is 218. The first-order valence-corrected chi connectivity index (χ1v) is 4.48. The molecule has 1 saturated carbocycles. The number of allylic oxidation sites excluding steroid dienone is 1. The van der Waals surface area contributed by atoms with Crippen molar-refractivity contribution in [3.63, 3.8) is 0 Å². The first kappa shape index (κ1) is 9.30. The van der Waals surface area contributed by atoms with Crippen LogP contribution in [0.3, 0.4) is 0 Å². The van der Waals surface area contributed by atoms with Crippen LogP contribution in [-0.4, -0.2) is 10.9 Å². The van der Waals surface area contributed by atoms with Gasteiger partial charge in [-0.15, -0.1) is 0 Å².